The highest BCUT2D eigenvalue weighted by molar-refractivity contribution is 5.73. The fourth-order valence-electron chi connectivity index (χ4n) is 6.82. The maximum atomic E-state index is 11.9. The van der Waals surface area contributed by atoms with Gasteiger partial charge in [0.1, 0.15) is 13.2 Å². The van der Waals surface area contributed by atoms with E-state index >= 15 is 0 Å². The summed E-state index contributed by atoms with van der Waals surface area (Å²) >= 11 is 0. The standard InChI is InChI=1S/C56H110O17/c1-3-5-7-9-11-13-27-59-29-15-31-61-33-17-35-63-37-19-39-65-41-21-43-67-45-23-47-69-49-25-51-72-55(57)53-71-54-56(58)73-52-26-50-70-48-24-46-68-44-22-42-66-40-20-38-64-36-18-34-62-32-16-30-60-28-14-12-10-8-6-4-2/h3-54H2,1-2H3. The summed E-state index contributed by atoms with van der Waals surface area (Å²) in [7, 11) is 0. The lowest BCUT2D eigenvalue weighted by Crippen LogP contribution is -2.19. The molecule has 73 heavy (non-hydrogen) atoms. The molecule has 0 radical (unpaired) electrons. The highest BCUT2D eigenvalue weighted by atomic mass is 16.6. The molecule has 17 nitrogen and oxygen atoms in total. The minimum absolute atomic E-state index is 0.215. The van der Waals surface area contributed by atoms with E-state index in [1.165, 1.54) is 77.0 Å². The van der Waals surface area contributed by atoms with Crippen molar-refractivity contribution in [2.24, 2.45) is 0 Å². The molecule has 0 N–H and O–H groups in total. The van der Waals surface area contributed by atoms with E-state index in [2.05, 4.69) is 13.8 Å². The summed E-state index contributed by atoms with van der Waals surface area (Å²) in [6.45, 7) is 20.7. The van der Waals surface area contributed by atoms with Gasteiger partial charge in [-0.25, -0.2) is 9.59 Å². The van der Waals surface area contributed by atoms with Crippen LogP contribution in [0.2, 0.25) is 0 Å². The summed E-state index contributed by atoms with van der Waals surface area (Å²) in [4.78, 5) is 23.7. The van der Waals surface area contributed by atoms with Crippen LogP contribution in [0.15, 0.2) is 0 Å². The number of hydrogen-bond acceptors (Lipinski definition) is 17. The Labute approximate surface area is 444 Å². The zero-order chi connectivity index (χ0) is 52.5. The number of carbonyl (C=O) groups is 2. The topological polar surface area (TPSA) is 173 Å². The normalized spacial score (nSPS) is 11.5. The molecule has 0 aliphatic carbocycles. The largest absolute Gasteiger partial charge is 0.464 e. The van der Waals surface area contributed by atoms with Gasteiger partial charge >= 0.3 is 11.9 Å². The van der Waals surface area contributed by atoms with Gasteiger partial charge in [-0.3, -0.25) is 0 Å². The molecular weight excluding hydrogens is 945 g/mol. The number of unbranched alkanes of at least 4 members (excludes halogenated alkanes) is 10. The third-order valence-corrected chi connectivity index (χ3v) is 10.9. The Hall–Kier alpha value is -1.58. The van der Waals surface area contributed by atoms with Crippen molar-refractivity contribution < 1.29 is 80.6 Å². The van der Waals surface area contributed by atoms with Crippen LogP contribution in [-0.4, -0.2) is 197 Å². The molecule has 436 valence electrons. The lowest BCUT2D eigenvalue weighted by molar-refractivity contribution is -0.155. The number of esters is 2. The molecule has 0 saturated carbocycles. The van der Waals surface area contributed by atoms with Crippen LogP contribution in [0.1, 0.15) is 168 Å². The van der Waals surface area contributed by atoms with Crippen molar-refractivity contribution in [1.29, 1.82) is 0 Å². The van der Waals surface area contributed by atoms with Crippen molar-refractivity contribution in [2.75, 3.05) is 185 Å². The summed E-state index contributed by atoms with van der Waals surface area (Å²) in [5, 5.41) is 0. The van der Waals surface area contributed by atoms with Crippen molar-refractivity contribution in [3.8, 4) is 0 Å². The molecule has 0 aliphatic heterocycles. The van der Waals surface area contributed by atoms with Crippen LogP contribution in [0, 0.1) is 0 Å². The highest BCUT2D eigenvalue weighted by Gasteiger charge is 2.08. The first kappa shape index (κ1) is 71.4. The van der Waals surface area contributed by atoms with Gasteiger partial charge in [0, 0.05) is 171 Å². The minimum atomic E-state index is -0.539. The fourth-order valence-corrected chi connectivity index (χ4v) is 6.82. The van der Waals surface area contributed by atoms with Gasteiger partial charge in [-0.05, 0) is 77.0 Å². The molecular formula is C56H110O17. The maximum absolute atomic E-state index is 11.9. The average molecular weight is 1060 g/mol. The summed E-state index contributed by atoms with van der Waals surface area (Å²) in [5.41, 5.74) is 0. The molecule has 0 spiro atoms. The Balaban J connectivity index is 3.21. The molecule has 0 aliphatic rings. The third-order valence-electron chi connectivity index (χ3n) is 10.9. The third kappa shape index (κ3) is 66.5. The predicted octanol–water partition coefficient (Wildman–Crippen LogP) is 9.69. The van der Waals surface area contributed by atoms with Gasteiger partial charge in [0.2, 0.25) is 0 Å². The summed E-state index contributed by atoms with van der Waals surface area (Å²) in [6, 6.07) is 0. The monoisotopic (exact) mass is 1050 g/mol. The molecule has 0 fully saturated rings. The molecule has 0 unspecified atom stereocenters. The van der Waals surface area contributed by atoms with E-state index < -0.39 is 11.9 Å². The van der Waals surface area contributed by atoms with Crippen LogP contribution in [0.3, 0.4) is 0 Å². The van der Waals surface area contributed by atoms with E-state index in [9.17, 15) is 9.59 Å². The maximum Gasteiger partial charge on any atom is 0.332 e. The van der Waals surface area contributed by atoms with Gasteiger partial charge in [-0.1, -0.05) is 78.1 Å². The van der Waals surface area contributed by atoms with Gasteiger partial charge in [-0.15, -0.1) is 0 Å². The Kier molecular flexibility index (Phi) is 65.1. The van der Waals surface area contributed by atoms with Crippen molar-refractivity contribution in [3.05, 3.63) is 0 Å². The van der Waals surface area contributed by atoms with Crippen LogP contribution in [0.5, 0.6) is 0 Å². The van der Waals surface area contributed by atoms with Crippen LogP contribution in [0.25, 0.3) is 0 Å². The predicted molar refractivity (Wildman–Crippen MR) is 285 cm³/mol. The van der Waals surface area contributed by atoms with Crippen LogP contribution in [0.4, 0.5) is 0 Å². The second-order valence-corrected chi connectivity index (χ2v) is 18.1. The molecule has 0 aromatic rings. The fraction of sp³-hybridized carbons (Fsp3) is 0.964. The van der Waals surface area contributed by atoms with Crippen LogP contribution >= 0.6 is 0 Å². The Morgan fingerprint density at radius 3 is 0.562 bits per heavy atom. The summed E-state index contributed by atoms with van der Waals surface area (Å²) in [5.74, 6) is -1.08. The van der Waals surface area contributed by atoms with Gasteiger partial charge in [0.15, 0.2) is 0 Å². The summed E-state index contributed by atoms with van der Waals surface area (Å²) in [6.07, 6.45) is 25.4. The molecule has 0 heterocycles. The van der Waals surface area contributed by atoms with Crippen molar-refractivity contribution in [1.82, 2.24) is 0 Å². The highest BCUT2D eigenvalue weighted by Crippen LogP contribution is 2.06. The van der Waals surface area contributed by atoms with Gasteiger partial charge < -0.3 is 71.1 Å². The second kappa shape index (κ2) is 66.5. The summed E-state index contributed by atoms with van der Waals surface area (Å²) < 4.78 is 83.1. The van der Waals surface area contributed by atoms with Crippen LogP contribution < -0.4 is 0 Å². The molecule has 0 aromatic heterocycles. The zero-order valence-electron chi connectivity index (χ0n) is 46.7. The average Bonchev–Trinajstić information content (AvgIpc) is 3.39. The lowest BCUT2D eigenvalue weighted by atomic mass is 10.1. The van der Waals surface area contributed by atoms with E-state index in [4.69, 9.17) is 71.1 Å². The zero-order valence-corrected chi connectivity index (χ0v) is 46.7. The lowest BCUT2D eigenvalue weighted by Gasteiger charge is -2.08. The SMILES string of the molecule is CCCCCCCCOCCCOCCCOCCCOCCCOCCCOCCCOC(=O)COCC(=O)OCCCOCCCOCCCOCCCOCCCOCCCOCCCCCCCC. The first-order valence-electron chi connectivity index (χ1n) is 29.0. The van der Waals surface area contributed by atoms with E-state index in [0.29, 0.717) is 119 Å². The van der Waals surface area contributed by atoms with Gasteiger partial charge in [0.05, 0.1) is 13.2 Å². The van der Waals surface area contributed by atoms with Crippen molar-refractivity contribution in [2.45, 2.75) is 168 Å². The molecule has 0 rings (SSSR count). The first-order valence-corrected chi connectivity index (χ1v) is 29.0. The van der Waals surface area contributed by atoms with Crippen molar-refractivity contribution in [3.63, 3.8) is 0 Å². The Bertz CT molecular complexity index is 967. The minimum Gasteiger partial charge on any atom is -0.464 e. The van der Waals surface area contributed by atoms with Gasteiger partial charge in [-0.2, -0.15) is 0 Å². The first-order chi connectivity index (χ1) is 36.2. The second-order valence-electron chi connectivity index (χ2n) is 18.1. The van der Waals surface area contributed by atoms with E-state index in [1.807, 2.05) is 0 Å². The van der Waals surface area contributed by atoms with Crippen molar-refractivity contribution >= 4 is 11.9 Å². The Morgan fingerprint density at radius 1 is 0.192 bits per heavy atom. The number of rotatable bonds is 66. The molecule has 0 bridgehead atoms. The molecule has 0 aromatic carbocycles. The molecule has 0 amide bonds. The number of hydrogen-bond donors (Lipinski definition) is 0. The number of carbonyl (C=O) groups excluding carboxylic acids is 2. The molecule has 0 saturated heterocycles. The van der Waals surface area contributed by atoms with Gasteiger partial charge in [0.25, 0.3) is 0 Å². The van der Waals surface area contributed by atoms with E-state index in [1.54, 1.807) is 0 Å². The molecule has 17 heteroatoms. The molecule has 0 atom stereocenters. The van der Waals surface area contributed by atoms with E-state index in [-0.39, 0.29) is 26.4 Å². The Morgan fingerprint density at radius 2 is 0.356 bits per heavy atom. The smallest absolute Gasteiger partial charge is 0.332 e. The quantitative estimate of drug-likeness (QED) is 0.0416. The van der Waals surface area contributed by atoms with Crippen LogP contribution in [-0.2, 0) is 80.6 Å². The number of ether oxygens (including phenoxy) is 15. The van der Waals surface area contributed by atoms with E-state index in [0.717, 1.165) is 117 Å².